The van der Waals surface area contributed by atoms with Crippen LogP contribution >= 0.6 is 11.3 Å². The van der Waals surface area contributed by atoms with Crippen LogP contribution in [0.15, 0.2) is 35.2 Å². The summed E-state index contributed by atoms with van der Waals surface area (Å²) < 4.78 is 0. The summed E-state index contributed by atoms with van der Waals surface area (Å²) in [5, 5.41) is 2.02. The lowest BCUT2D eigenvalue weighted by Gasteiger charge is -2.32. The van der Waals surface area contributed by atoms with Gasteiger partial charge in [-0.05, 0) is 23.9 Å². The maximum absolute atomic E-state index is 12.0. The number of guanidine groups is 1. The molecule has 3 rings (SSSR count). The molecule has 1 amide bonds. The van der Waals surface area contributed by atoms with E-state index >= 15 is 0 Å². The fraction of sp³-hybridized carbons (Fsp3) is 0.286. The fourth-order valence-corrected chi connectivity index (χ4v) is 3.29. The second-order valence-corrected chi connectivity index (χ2v) is 6.11. The molecule has 0 spiro atoms. The van der Waals surface area contributed by atoms with E-state index in [1.54, 1.807) is 30.8 Å². The lowest BCUT2D eigenvalue weighted by molar-refractivity contribution is -0.128. The van der Waals surface area contributed by atoms with E-state index in [9.17, 15) is 4.79 Å². The number of hydrogen-bond donors (Lipinski definition) is 1. The van der Waals surface area contributed by atoms with E-state index in [4.69, 9.17) is 5.73 Å². The number of aromatic nitrogens is 2. The van der Waals surface area contributed by atoms with Gasteiger partial charge in [-0.3, -0.25) is 9.69 Å². The first-order chi connectivity index (χ1) is 9.99. The predicted octanol–water partition coefficient (Wildman–Crippen LogP) is 1.60. The molecule has 0 aliphatic carbocycles. The van der Waals surface area contributed by atoms with Crippen molar-refractivity contribution in [3.05, 3.63) is 35.0 Å². The molecule has 2 N–H and O–H groups in total. The molecule has 3 heterocycles. The van der Waals surface area contributed by atoms with Gasteiger partial charge in [0.15, 0.2) is 5.96 Å². The average molecular weight is 301 g/mol. The molecule has 0 bridgehead atoms. The Bertz CT molecular complexity index is 711. The van der Waals surface area contributed by atoms with Crippen LogP contribution in [0, 0.1) is 0 Å². The van der Waals surface area contributed by atoms with Gasteiger partial charge < -0.3 is 5.73 Å². The minimum absolute atomic E-state index is 0.0250. The lowest BCUT2D eigenvalue weighted by atomic mass is 9.93. The maximum atomic E-state index is 12.0. The summed E-state index contributed by atoms with van der Waals surface area (Å²) in [6.07, 6.45) is 5.34. The monoisotopic (exact) mass is 301 g/mol. The Hall–Kier alpha value is -2.28. The van der Waals surface area contributed by atoms with E-state index in [-0.39, 0.29) is 11.9 Å². The molecular weight excluding hydrogens is 286 g/mol. The first-order valence-corrected chi connectivity index (χ1v) is 7.34. The SMILES string of the molecule is CN1C(=O)C[C@@](C)(c2cc(-c3cncnc3)cs2)N=C1N. The van der Waals surface area contributed by atoms with Crippen molar-refractivity contribution in [3.8, 4) is 11.1 Å². The number of rotatable bonds is 2. The largest absolute Gasteiger partial charge is 0.369 e. The van der Waals surface area contributed by atoms with Gasteiger partial charge in [0.25, 0.3) is 0 Å². The van der Waals surface area contributed by atoms with Crippen molar-refractivity contribution in [2.45, 2.75) is 18.9 Å². The molecule has 1 aliphatic rings. The number of amides is 1. The molecule has 7 heteroatoms. The Morgan fingerprint density at radius 2 is 2.05 bits per heavy atom. The zero-order chi connectivity index (χ0) is 15.0. The van der Waals surface area contributed by atoms with Crippen LogP contribution in [0.2, 0.25) is 0 Å². The molecule has 0 saturated heterocycles. The molecule has 2 aromatic rings. The van der Waals surface area contributed by atoms with Crippen LogP contribution in [0.25, 0.3) is 11.1 Å². The van der Waals surface area contributed by atoms with Crippen LogP contribution in [0.3, 0.4) is 0 Å². The van der Waals surface area contributed by atoms with E-state index in [0.717, 1.165) is 16.0 Å². The third-order valence-electron chi connectivity index (χ3n) is 3.60. The molecule has 1 aliphatic heterocycles. The molecule has 108 valence electrons. The van der Waals surface area contributed by atoms with Crippen LogP contribution in [-0.4, -0.2) is 33.8 Å². The van der Waals surface area contributed by atoms with Gasteiger partial charge >= 0.3 is 0 Å². The highest BCUT2D eigenvalue weighted by molar-refractivity contribution is 7.10. The smallest absolute Gasteiger partial charge is 0.231 e. The number of nitrogens with two attached hydrogens (primary N) is 1. The lowest BCUT2D eigenvalue weighted by Crippen LogP contribution is -2.47. The number of hydrogen-bond acceptors (Lipinski definition) is 6. The summed E-state index contributed by atoms with van der Waals surface area (Å²) in [6, 6.07) is 2.03. The predicted molar refractivity (Wildman–Crippen MR) is 81.7 cm³/mol. The third-order valence-corrected chi connectivity index (χ3v) is 4.78. The highest BCUT2D eigenvalue weighted by Crippen LogP contribution is 2.38. The van der Waals surface area contributed by atoms with Crippen molar-refractivity contribution in [1.29, 1.82) is 0 Å². The molecule has 2 aromatic heterocycles. The number of thiophene rings is 1. The van der Waals surface area contributed by atoms with Crippen LogP contribution in [0.5, 0.6) is 0 Å². The Balaban J connectivity index is 1.98. The van der Waals surface area contributed by atoms with Crippen LogP contribution in [0.4, 0.5) is 0 Å². The van der Waals surface area contributed by atoms with E-state index < -0.39 is 5.54 Å². The second kappa shape index (κ2) is 4.92. The Kier molecular flexibility index (Phi) is 3.21. The number of carbonyl (C=O) groups is 1. The quantitative estimate of drug-likeness (QED) is 0.913. The normalized spacial score (nSPS) is 22.3. The molecule has 0 fully saturated rings. The van der Waals surface area contributed by atoms with Crippen molar-refractivity contribution in [2.24, 2.45) is 10.7 Å². The average Bonchev–Trinajstić information content (AvgIpc) is 2.96. The van der Waals surface area contributed by atoms with Gasteiger partial charge in [-0.15, -0.1) is 11.3 Å². The maximum Gasteiger partial charge on any atom is 0.231 e. The molecule has 0 radical (unpaired) electrons. The summed E-state index contributed by atoms with van der Waals surface area (Å²) in [5.74, 6) is 0.231. The summed E-state index contributed by atoms with van der Waals surface area (Å²) in [4.78, 5) is 27.0. The van der Waals surface area contributed by atoms with Crippen molar-refractivity contribution < 1.29 is 4.79 Å². The van der Waals surface area contributed by atoms with E-state index in [2.05, 4.69) is 15.0 Å². The molecule has 0 unspecified atom stereocenters. The summed E-state index contributed by atoms with van der Waals surface area (Å²) in [6.45, 7) is 1.93. The highest BCUT2D eigenvalue weighted by Gasteiger charge is 2.37. The standard InChI is InChI=1S/C14H15N5OS/c1-14(4-12(20)19(2)13(15)18-14)11-3-9(7-21-11)10-5-16-8-17-6-10/h3,5-8H,4H2,1-2H3,(H2,15,18)/t14-/m0/s1. The Labute approximate surface area is 126 Å². The van der Waals surface area contributed by atoms with Gasteiger partial charge in [-0.1, -0.05) is 0 Å². The summed E-state index contributed by atoms with van der Waals surface area (Å²) in [7, 11) is 1.64. The molecular formula is C14H15N5OS. The highest BCUT2D eigenvalue weighted by atomic mass is 32.1. The second-order valence-electron chi connectivity index (χ2n) is 5.20. The Morgan fingerprint density at radius 3 is 2.71 bits per heavy atom. The van der Waals surface area contributed by atoms with Crippen LogP contribution in [0.1, 0.15) is 18.2 Å². The molecule has 21 heavy (non-hydrogen) atoms. The zero-order valence-electron chi connectivity index (χ0n) is 11.8. The van der Waals surface area contributed by atoms with E-state index in [1.165, 1.54) is 11.2 Å². The zero-order valence-corrected chi connectivity index (χ0v) is 12.6. The topological polar surface area (TPSA) is 84.5 Å². The summed E-state index contributed by atoms with van der Waals surface area (Å²) in [5.41, 5.74) is 7.20. The van der Waals surface area contributed by atoms with Gasteiger partial charge in [-0.25, -0.2) is 15.0 Å². The first kappa shape index (κ1) is 13.7. The van der Waals surface area contributed by atoms with Crippen molar-refractivity contribution >= 4 is 23.2 Å². The van der Waals surface area contributed by atoms with Crippen molar-refractivity contribution in [1.82, 2.24) is 14.9 Å². The minimum Gasteiger partial charge on any atom is -0.369 e. The van der Waals surface area contributed by atoms with Gasteiger partial charge in [0.2, 0.25) is 5.91 Å². The van der Waals surface area contributed by atoms with Crippen molar-refractivity contribution in [2.75, 3.05) is 7.05 Å². The number of carbonyl (C=O) groups excluding carboxylic acids is 1. The minimum atomic E-state index is -0.605. The van der Waals surface area contributed by atoms with E-state index in [1.807, 2.05) is 18.4 Å². The van der Waals surface area contributed by atoms with Gasteiger partial charge in [0.1, 0.15) is 11.9 Å². The molecule has 0 aromatic carbocycles. The molecule has 1 atom stereocenters. The third kappa shape index (κ3) is 2.40. The summed E-state index contributed by atoms with van der Waals surface area (Å²) >= 11 is 1.57. The van der Waals surface area contributed by atoms with Gasteiger partial charge in [0.05, 0.1) is 6.42 Å². The van der Waals surface area contributed by atoms with E-state index in [0.29, 0.717) is 6.42 Å². The molecule has 6 nitrogen and oxygen atoms in total. The van der Waals surface area contributed by atoms with Crippen LogP contribution in [-0.2, 0) is 10.3 Å². The first-order valence-electron chi connectivity index (χ1n) is 6.46. The van der Waals surface area contributed by atoms with Gasteiger partial charge in [0, 0.05) is 29.9 Å². The van der Waals surface area contributed by atoms with Crippen molar-refractivity contribution in [3.63, 3.8) is 0 Å². The molecule has 0 saturated carbocycles. The fourth-order valence-electron chi connectivity index (χ4n) is 2.27. The number of nitrogens with zero attached hydrogens (tertiary/aromatic N) is 4. The van der Waals surface area contributed by atoms with Gasteiger partial charge in [-0.2, -0.15) is 0 Å². The Morgan fingerprint density at radius 1 is 1.33 bits per heavy atom. The van der Waals surface area contributed by atoms with Crippen LogP contribution < -0.4 is 5.73 Å². The number of aliphatic imine (C=N–C) groups is 1.